The maximum atomic E-state index is 11.8. The molecule has 5 nitrogen and oxygen atoms in total. The van der Waals surface area contributed by atoms with Gasteiger partial charge in [0.2, 0.25) is 0 Å². The number of thiophene rings is 1. The largest absolute Gasteiger partial charge is 0.479 e. The maximum Gasteiger partial charge on any atom is 0.334 e. The fourth-order valence-electron chi connectivity index (χ4n) is 1.62. The van der Waals surface area contributed by atoms with Crippen molar-refractivity contribution >= 4 is 35.0 Å². The van der Waals surface area contributed by atoms with E-state index in [0.717, 1.165) is 17.9 Å². The molecule has 1 atom stereocenters. The predicted octanol–water partition coefficient (Wildman–Crippen LogP) is 0.713. The number of carboxylic acids is 1. The summed E-state index contributed by atoms with van der Waals surface area (Å²) in [5.41, 5.74) is 1.19. The molecule has 0 saturated heterocycles. The van der Waals surface area contributed by atoms with E-state index in [9.17, 15) is 9.59 Å². The third-order valence-electron chi connectivity index (χ3n) is 2.59. The molecule has 18 heavy (non-hydrogen) atoms. The van der Waals surface area contributed by atoms with Gasteiger partial charge in [-0.1, -0.05) is 0 Å². The second-order valence-corrected chi connectivity index (χ2v) is 6.17. The number of carbonyl (C=O) groups is 2. The number of amides is 1. The molecule has 3 N–H and O–H groups in total. The number of aliphatic hydroxyl groups is 1. The van der Waals surface area contributed by atoms with Gasteiger partial charge >= 0.3 is 5.97 Å². The number of hydrogen-bond donors (Lipinski definition) is 3. The second-order valence-electron chi connectivity index (χ2n) is 3.93. The molecule has 0 spiro atoms. The van der Waals surface area contributed by atoms with Gasteiger partial charge in [-0.2, -0.15) is 11.8 Å². The summed E-state index contributed by atoms with van der Waals surface area (Å²) >= 11 is 3.29. The zero-order valence-corrected chi connectivity index (χ0v) is 11.1. The molecule has 0 aromatic carbocycles. The van der Waals surface area contributed by atoms with Gasteiger partial charge in [-0.25, -0.2) is 4.79 Å². The summed E-state index contributed by atoms with van der Waals surface area (Å²) in [5.74, 6) is 0.347. The summed E-state index contributed by atoms with van der Waals surface area (Å²) in [6.45, 7) is -0.272. The van der Waals surface area contributed by atoms with Crippen LogP contribution in [0.1, 0.15) is 20.1 Å². The summed E-state index contributed by atoms with van der Waals surface area (Å²) in [5, 5.41) is 20.0. The third kappa shape index (κ3) is 3.04. The quantitative estimate of drug-likeness (QED) is 0.759. The number of thioether (sulfide) groups is 1. The van der Waals surface area contributed by atoms with Gasteiger partial charge in [-0.05, 0) is 23.8 Å². The Balaban J connectivity index is 1.97. The molecule has 0 saturated carbocycles. The number of aryl methyl sites for hydroxylation is 1. The van der Waals surface area contributed by atoms with Crippen LogP contribution < -0.4 is 5.32 Å². The van der Waals surface area contributed by atoms with E-state index < -0.39 is 12.1 Å². The molecule has 1 aromatic rings. The number of fused-ring (bicyclic) bond motifs is 1. The zero-order valence-electron chi connectivity index (χ0n) is 9.51. The molecule has 0 radical (unpaired) electrons. The fourth-order valence-corrected chi connectivity index (χ4v) is 3.91. The SMILES string of the molecule is O=C(NC[C@H](O)C(=O)O)c1cc2c(s1)CCSC2. The van der Waals surface area contributed by atoms with Crippen LogP contribution in [0, 0.1) is 0 Å². The van der Waals surface area contributed by atoms with Crippen LogP contribution in [0.25, 0.3) is 0 Å². The van der Waals surface area contributed by atoms with Crippen LogP contribution in [-0.4, -0.2) is 40.5 Å². The highest BCUT2D eigenvalue weighted by molar-refractivity contribution is 7.98. The van der Waals surface area contributed by atoms with Crippen LogP contribution in [0.4, 0.5) is 0 Å². The lowest BCUT2D eigenvalue weighted by molar-refractivity contribution is -0.146. The molecule has 0 aliphatic carbocycles. The minimum absolute atomic E-state index is 0.272. The van der Waals surface area contributed by atoms with Crippen molar-refractivity contribution in [2.75, 3.05) is 12.3 Å². The Kier molecular flexibility index (Phi) is 4.26. The number of carbonyl (C=O) groups excluding carboxylic acids is 1. The Bertz CT molecular complexity index is 448. The number of aliphatic carboxylic acids is 1. The van der Waals surface area contributed by atoms with Crippen LogP contribution in [0.2, 0.25) is 0 Å². The van der Waals surface area contributed by atoms with E-state index in [-0.39, 0.29) is 12.5 Å². The van der Waals surface area contributed by atoms with Gasteiger partial charge in [0.1, 0.15) is 0 Å². The van der Waals surface area contributed by atoms with Crippen LogP contribution >= 0.6 is 23.1 Å². The Hall–Kier alpha value is -1.05. The Morgan fingerprint density at radius 2 is 2.28 bits per heavy atom. The summed E-state index contributed by atoms with van der Waals surface area (Å²) < 4.78 is 0. The van der Waals surface area contributed by atoms with Crippen molar-refractivity contribution in [2.45, 2.75) is 18.3 Å². The molecule has 2 rings (SSSR count). The van der Waals surface area contributed by atoms with Crippen molar-refractivity contribution in [3.63, 3.8) is 0 Å². The van der Waals surface area contributed by atoms with E-state index >= 15 is 0 Å². The van der Waals surface area contributed by atoms with Crippen molar-refractivity contribution in [2.24, 2.45) is 0 Å². The van der Waals surface area contributed by atoms with E-state index in [2.05, 4.69) is 5.32 Å². The molecule has 1 aromatic heterocycles. The topological polar surface area (TPSA) is 86.6 Å². The third-order valence-corrected chi connectivity index (χ3v) is 4.84. The first-order valence-corrected chi connectivity index (χ1v) is 7.43. The fraction of sp³-hybridized carbons (Fsp3) is 0.455. The van der Waals surface area contributed by atoms with Gasteiger partial charge in [0.05, 0.1) is 11.4 Å². The van der Waals surface area contributed by atoms with E-state index in [4.69, 9.17) is 10.2 Å². The van der Waals surface area contributed by atoms with Crippen LogP contribution in [0.3, 0.4) is 0 Å². The van der Waals surface area contributed by atoms with Gasteiger partial charge in [0.15, 0.2) is 6.10 Å². The number of carboxylic acid groups (broad SMARTS) is 1. The lowest BCUT2D eigenvalue weighted by Gasteiger charge is -2.08. The van der Waals surface area contributed by atoms with E-state index in [1.54, 1.807) is 0 Å². The lowest BCUT2D eigenvalue weighted by Crippen LogP contribution is -2.36. The van der Waals surface area contributed by atoms with Crippen LogP contribution in [0.15, 0.2) is 6.07 Å². The van der Waals surface area contributed by atoms with Gasteiger partial charge in [0, 0.05) is 10.6 Å². The smallest absolute Gasteiger partial charge is 0.334 e. The lowest BCUT2D eigenvalue weighted by atomic mass is 10.2. The maximum absolute atomic E-state index is 11.8. The molecule has 98 valence electrons. The number of hydrogen-bond acceptors (Lipinski definition) is 5. The van der Waals surface area contributed by atoms with Gasteiger partial charge in [0.25, 0.3) is 5.91 Å². The first kappa shape index (κ1) is 13.4. The van der Waals surface area contributed by atoms with E-state index in [1.165, 1.54) is 21.8 Å². The Morgan fingerprint density at radius 3 is 2.94 bits per heavy atom. The molecular weight excluding hydrogens is 274 g/mol. The zero-order chi connectivity index (χ0) is 13.1. The molecule has 0 bridgehead atoms. The number of aliphatic hydroxyl groups excluding tert-OH is 1. The second kappa shape index (κ2) is 5.73. The van der Waals surface area contributed by atoms with Crippen molar-refractivity contribution in [3.05, 3.63) is 21.4 Å². The molecule has 2 heterocycles. The van der Waals surface area contributed by atoms with Crippen molar-refractivity contribution in [1.82, 2.24) is 5.32 Å². The first-order valence-electron chi connectivity index (χ1n) is 5.46. The molecule has 1 aliphatic rings. The molecule has 0 fully saturated rings. The average molecular weight is 287 g/mol. The highest BCUT2D eigenvalue weighted by Gasteiger charge is 2.19. The highest BCUT2D eigenvalue weighted by atomic mass is 32.2. The standard InChI is InChI=1S/C11H13NO4S2/c13-7(11(15)16)4-12-10(14)9-3-6-5-17-2-1-8(6)18-9/h3,7,13H,1-2,4-5H2,(H,12,14)(H,15,16)/t7-/m0/s1. The van der Waals surface area contributed by atoms with Crippen molar-refractivity contribution in [3.8, 4) is 0 Å². The first-order chi connectivity index (χ1) is 8.58. The van der Waals surface area contributed by atoms with Crippen LogP contribution in [0.5, 0.6) is 0 Å². The van der Waals surface area contributed by atoms with Crippen LogP contribution in [-0.2, 0) is 17.0 Å². The van der Waals surface area contributed by atoms with Gasteiger partial charge < -0.3 is 15.5 Å². The number of rotatable bonds is 4. The van der Waals surface area contributed by atoms with E-state index in [1.807, 2.05) is 17.8 Å². The molecule has 7 heteroatoms. The van der Waals surface area contributed by atoms with E-state index in [0.29, 0.717) is 4.88 Å². The summed E-state index contributed by atoms with van der Waals surface area (Å²) in [4.78, 5) is 24.0. The minimum Gasteiger partial charge on any atom is -0.479 e. The van der Waals surface area contributed by atoms with Gasteiger partial charge in [-0.15, -0.1) is 11.3 Å². The average Bonchev–Trinajstić information content (AvgIpc) is 2.79. The van der Waals surface area contributed by atoms with Crippen molar-refractivity contribution in [1.29, 1.82) is 0 Å². The minimum atomic E-state index is -1.56. The molecule has 1 amide bonds. The summed E-state index contributed by atoms with van der Waals surface area (Å²) in [7, 11) is 0. The predicted molar refractivity (Wildman–Crippen MR) is 70.2 cm³/mol. The Morgan fingerprint density at radius 1 is 1.50 bits per heavy atom. The van der Waals surface area contributed by atoms with Crippen molar-refractivity contribution < 1.29 is 19.8 Å². The highest BCUT2D eigenvalue weighted by Crippen LogP contribution is 2.31. The summed E-state index contributed by atoms with van der Waals surface area (Å²) in [6.07, 6.45) is -0.575. The van der Waals surface area contributed by atoms with Gasteiger partial charge in [-0.3, -0.25) is 4.79 Å². The Labute approximate surface area is 112 Å². The molecule has 1 aliphatic heterocycles. The molecule has 0 unspecified atom stereocenters. The molecular formula is C11H13NO4S2. The monoisotopic (exact) mass is 287 g/mol. The summed E-state index contributed by atoms with van der Waals surface area (Å²) in [6, 6.07) is 1.86. The number of nitrogens with one attached hydrogen (secondary N) is 1. The normalized spacial score (nSPS) is 15.8.